The Hall–Kier alpha value is -3.32. The lowest BCUT2D eigenvalue weighted by Gasteiger charge is -2.33. The predicted molar refractivity (Wildman–Crippen MR) is 123 cm³/mol. The lowest BCUT2D eigenvalue weighted by atomic mass is 9.86. The Kier molecular flexibility index (Phi) is 6.99. The van der Waals surface area contributed by atoms with E-state index >= 15 is 0 Å². The number of anilines is 1. The summed E-state index contributed by atoms with van der Waals surface area (Å²) in [5.74, 6) is -3.46. The van der Waals surface area contributed by atoms with Crippen molar-refractivity contribution in [3.8, 4) is 0 Å². The minimum absolute atomic E-state index is 0.00216. The number of aromatic nitrogens is 1. The molecule has 2 heterocycles. The molecule has 1 aliphatic heterocycles. The van der Waals surface area contributed by atoms with Gasteiger partial charge >= 0.3 is 5.97 Å². The van der Waals surface area contributed by atoms with Gasteiger partial charge in [0.25, 0.3) is 0 Å². The van der Waals surface area contributed by atoms with Crippen LogP contribution in [0.25, 0.3) is 0 Å². The van der Waals surface area contributed by atoms with Crippen LogP contribution in [-0.2, 0) is 17.6 Å². The van der Waals surface area contributed by atoms with Gasteiger partial charge in [0.15, 0.2) is 0 Å². The summed E-state index contributed by atoms with van der Waals surface area (Å²) >= 11 is 0. The third kappa shape index (κ3) is 5.20. The van der Waals surface area contributed by atoms with E-state index in [1.54, 1.807) is 6.20 Å². The molecule has 4 rings (SSSR count). The molecule has 3 N–H and O–H groups in total. The summed E-state index contributed by atoms with van der Waals surface area (Å²) in [6, 6.07) is 16.2. The molecule has 0 aliphatic carbocycles. The Bertz CT molecular complexity index is 1120. The molecule has 7 heteroatoms. The molecule has 1 aromatic heterocycles. The first kappa shape index (κ1) is 22.9. The summed E-state index contributed by atoms with van der Waals surface area (Å²) in [7, 11) is 0. The normalized spacial score (nSPS) is 17.0. The molecular weight excluding hydrogens is 424 g/mol. The van der Waals surface area contributed by atoms with Crippen molar-refractivity contribution in [1.82, 2.24) is 10.3 Å². The lowest BCUT2D eigenvalue weighted by molar-refractivity contribution is -0.138. The maximum Gasteiger partial charge on any atom is 0.310 e. The van der Waals surface area contributed by atoms with Crippen molar-refractivity contribution in [2.75, 3.05) is 18.4 Å². The predicted octanol–water partition coefficient (Wildman–Crippen LogP) is 4.71. The van der Waals surface area contributed by atoms with Crippen molar-refractivity contribution < 1.29 is 18.7 Å². The van der Waals surface area contributed by atoms with Crippen molar-refractivity contribution in [3.63, 3.8) is 0 Å². The molecule has 0 amide bonds. The van der Waals surface area contributed by atoms with Gasteiger partial charge < -0.3 is 15.7 Å². The van der Waals surface area contributed by atoms with Crippen LogP contribution in [0.3, 0.4) is 0 Å². The lowest BCUT2D eigenvalue weighted by Crippen LogP contribution is -2.37. The molecule has 3 aromatic rings. The van der Waals surface area contributed by atoms with Crippen LogP contribution >= 0.6 is 0 Å². The fraction of sp³-hybridized carbons (Fsp3) is 0.308. The Morgan fingerprint density at radius 3 is 2.73 bits per heavy atom. The van der Waals surface area contributed by atoms with Crippen LogP contribution < -0.4 is 10.6 Å². The Morgan fingerprint density at radius 1 is 1.18 bits per heavy atom. The van der Waals surface area contributed by atoms with Gasteiger partial charge in [-0.2, -0.15) is 0 Å². The van der Waals surface area contributed by atoms with E-state index in [0.717, 1.165) is 36.0 Å². The van der Waals surface area contributed by atoms with Gasteiger partial charge in [0.2, 0.25) is 0 Å². The average Bonchev–Trinajstić information content (AvgIpc) is 2.83. The van der Waals surface area contributed by atoms with E-state index in [9.17, 15) is 18.7 Å². The number of halogens is 2. The van der Waals surface area contributed by atoms with Gasteiger partial charge in [-0.05, 0) is 55.6 Å². The summed E-state index contributed by atoms with van der Waals surface area (Å²) in [6.45, 7) is 2.62. The van der Waals surface area contributed by atoms with Crippen molar-refractivity contribution >= 4 is 11.7 Å². The highest BCUT2D eigenvalue weighted by molar-refractivity contribution is 5.75. The molecule has 0 radical (unpaired) electrons. The SMILES string of the molecule is CC(C(=O)O)c1cc(CCN[C@H](c2ccccc2)[C@H]2CNc3cccnc3C2)c(F)cc1F. The first-order valence-electron chi connectivity index (χ1n) is 11.1. The zero-order chi connectivity index (χ0) is 23.4. The minimum Gasteiger partial charge on any atom is -0.481 e. The smallest absolute Gasteiger partial charge is 0.310 e. The van der Waals surface area contributed by atoms with Crippen LogP contribution in [0.1, 0.15) is 41.3 Å². The van der Waals surface area contributed by atoms with Crippen LogP contribution in [0, 0.1) is 17.6 Å². The van der Waals surface area contributed by atoms with Crippen LogP contribution in [0.5, 0.6) is 0 Å². The number of fused-ring (bicyclic) bond motifs is 1. The summed E-state index contributed by atoms with van der Waals surface area (Å²) in [5.41, 5.74) is 3.50. The highest BCUT2D eigenvalue weighted by Crippen LogP contribution is 2.31. The van der Waals surface area contributed by atoms with E-state index in [2.05, 4.69) is 27.8 Å². The molecule has 172 valence electrons. The van der Waals surface area contributed by atoms with Gasteiger partial charge in [-0.1, -0.05) is 30.3 Å². The van der Waals surface area contributed by atoms with Gasteiger partial charge in [0, 0.05) is 36.3 Å². The second-order valence-corrected chi connectivity index (χ2v) is 8.46. The molecule has 1 aliphatic rings. The number of carbonyl (C=O) groups is 1. The van der Waals surface area contributed by atoms with Gasteiger partial charge in [0.1, 0.15) is 11.6 Å². The van der Waals surface area contributed by atoms with Gasteiger partial charge in [0.05, 0.1) is 17.3 Å². The van der Waals surface area contributed by atoms with E-state index in [4.69, 9.17) is 0 Å². The van der Waals surface area contributed by atoms with Crippen molar-refractivity contribution in [1.29, 1.82) is 0 Å². The first-order valence-corrected chi connectivity index (χ1v) is 11.1. The summed E-state index contributed by atoms with van der Waals surface area (Å²) in [4.78, 5) is 15.8. The monoisotopic (exact) mass is 451 g/mol. The third-order valence-electron chi connectivity index (χ3n) is 6.29. The highest BCUT2D eigenvalue weighted by atomic mass is 19.1. The molecule has 0 saturated heterocycles. The Balaban J connectivity index is 1.51. The molecule has 0 fully saturated rings. The molecule has 2 aromatic carbocycles. The van der Waals surface area contributed by atoms with E-state index in [-0.39, 0.29) is 17.5 Å². The maximum atomic E-state index is 14.4. The van der Waals surface area contributed by atoms with E-state index in [0.29, 0.717) is 18.5 Å². The number of hydrogen-bond donors (Lipinski definition) is 3. The average molecular weight is 452 g/mol. The van der Waals surface area contributed by atoms with Gasteiger partial charge in [-0.3, -0.25) is 9.78 Å². The number of pyridine rings is 1. The topological polar surface area (TPSA) is 74.2 Å². The fourth-order valence-electron chi connectivity index (χ4n) is 4.41. The second kappa shape index (κ2) is 10.1. The number of rotatable bonds is 8. The molecule has 33 heavy (non-hydrogen) atoms. The maximum absolute atomic E-state index is 14.4. The van der Waals surface area contributed by atoms with Crippen molar-refractivity contribution in [3.05, 3.63) is 94.8 Å². The highest BCUT2D eigenvalue weighted by Gasteiger charge is 2.28. The molecule has 5 nitrogen and oxygen atoms in total. The molecule has 3 atom stereocenters. The van der Waals surface area contributed by atoms with E-state index in [1.807, 2.05) is 30.3 Å². The Labute approximate surface area is 191 Å². The zero-order valence-corrected chi connectivity index (χ0v) is 18.4. The largest absolute Gasteiger partial charge is 0.481 e. The molecular formula is C26H27F2N3O2. The number of hydrogen-bond acceptors (Lipinski definition) is 4. The number of carboxylic acid groups (broad SMARTS) is 1. The number of benzene rings is 2. The summed E-state index contributed by atoms with van der Waals surface area (Å²) < 4.78 is 28.6. The third-order valence-corrected chi connectivity index (χ3v) is 6.29. The van der Waals surface area contributed by atoms with E-state index < -0.39 is 23.5 Å². The molecule has 0 saturated carbocycles. The second-order valence-electron chi connectivity index (χ2n) is 8.46. The first-order chi connectivity index (χ1) is 15.9. The summed E-state index contributed by atoms with van der Waals surface area (Å²) in [5, 5.41) is 16.2. The van der Waals surface area contributed by atoms with E-state index in [1.165, 1.54) is 13.0 Å². The zero-order valence-electron chi connectivity index (χ0n) is 18.4. The van der Waals surface area contributed by atoms with Gasteiger partial charge in [-0.15, -0.1) is 0 Å². The number of nitrogens with one attached hydrogen (secondary N) is 2. The van der Waals surface area contributed by atoms with Crippen LogP contribution in [0.15, 0.2) is 60.8 Å². The van der Waals surface area contributed by atoms with Crippen LogP contribution in [0.2, 0.25) is 0 Å². The molecule has 1 unspecified atom stereocenters. The van der Waals surface area contributed by atoms with Crippen LogP contribution in [-0.4, -0.2) is 29.1 Å². The fourth-order valence-corrected chi connectivity index (χ4v) is 4.41. The Morgan fingerprint density at radius 2 is 1.97 bits per heavy atom. The molecule has 0 bridgehead atoms. The summed E-state index contributed by atoms with van der Waals surface area (Å²) in [6.07, 6.45) is 2.91. The number of carboxylic acids is 1. The minimum atomic E-state index is -1.15. The number of aliphatic carboxylic acids is 1. The molecule has 0 spiro atoms. The van der Waals surface area contributed by atoms with Crippen molar-refractivity contribution in [2.45, 2.75) is 31.7 Å². The van der Waals surface area contributed by atoms with Crippen LogP contribution in [0.4, 0.5) is 14.5 Å². The van der Waals surface area contributed by atoms with Crippen molar-refractivity contribution in [2.24, 2.45) is 5.92 Å². The standard InChI is InChI=1S/C26H27F2N3O2/c1-16(26(32)33)20-12-18(21(27)14-22(20)28)9-11-30-25(17-6-3-2-4-7-17)19-13-24-23(31-15-19)8-5-10-29-24/h2-8,10,12,14,16,19,25,30-31H,9,11,13,15H2,1H3,(H,32,33)/t16?,19-,25-/m1/s1. The van der Waals surface area contributed by atoms with Gasteiger partial charge in [-0.25, -0.2) is 8.78 Å². The number of nitrogens with zero attached hydrogens (tertiary/aromatic N) is 1. The quantitative estimate of drug-likeness (QED) is 0.463.